The average molecular weight is 480 g/mol. The first-order valence-electron chi connectivity index (χ1n) is 11.7. The summed E-state index contributed by atoms with van der Waals surface area (Å²) in [6, 6.07) is 18.6. The Bertz CT molecular complexity index is 1050. The van der Waals surface area contributed by atoms with E-state index < -0.39 is 0 Å². The van der Waals surface area contributed by atoms with Gasteiger partial charge in [0.05, 0.1) is 18.8 Å². The highest BCUT2D eigenvalue weighted by molar-refractivity contribution is 7.89. The van der Waals surface area contributed by atoms with E-state index in [2.05, 4.69) is 45.2 Å². The molecule has 0 spiro atoms. The van der Waals surface area contributed by atoms with Crippen molar-refractivity contribution in [1.29, 1.82) is 0 Å². The summed E-state index contributed by atoms with van der Waals surface area (Å²) in [6.45, 7) is 6.22. The predicted octanol–water partition coefficient (Wildman–Crippen LogP) is 5.31. The Hall–Kier alpha value is -2.65. The molecule has 5 rings (SSSR count). The van der Waals surface area contributed by atoms with Gasteiger partial charge in [0.1, 0.15) is 18.2 Å². The predicted molar refractivity (Wildman–Crippen MR) is 131 cm³/mol. The van der Waals surface area contributed by atoms with E-state index in [-0.39, 0.29) is 12.0 Å². The molecule has 0 N–H and O–H groups in total. The zero-order valence-corrected chi connectivity index (χ0v) is 20.1. The highest BCUT2D eigenvalue weighted by atomic mass is 32.2. The van der Waals surface area contributed by atoms with Gasteiger partial charge in [-0.1, -0.05) is 42.5 Å². The third-order valence-corrected chi connectivity index (χ3v) is 6.72. The van der Waals surface area contributed by atoms with Crippen molar-refractivity contribution in [2.75, 3.05) is 26.3 Å². The summed E-state index contributed by atoms with van der Waals surface area (Å²) in [5.41, 5.74) is 3.32. The maximum Gasteiger partial charge on any atom is 0.229 e. The molecule has 0 aliphatic carbocycles. The van der Waals surface area contributed by atoms with E-state index in [9.17, 15) is 0 Å². The number of hydrogen-bond acceptors (Lipinski definition) is 8. The third kappa shape index (κ3) is 5.88. The van der Waals surface area contributed by atoms with Crippen molar-refractivity contribution in [3.05, 3.63) is 77.6 Å². The van der Waals surface area contributed by atoms with E-state index in [1.54, 1.807) is 0 Å². The summed E-state index contributed by atoms with van der Waals surface area (Å²) in [7, 11) is 0. The first-order valence-corrected chi connectivity index (χ1v) is 12.3. The first kappa shape index (κ1) is 23.1. The van der Waals surface area contributed by atoms with Crippen molar-refractivity contribution in [3.8, 4) is 17.5 Å². The van der Waals surface area contributed by atoms with E-state index >= 15 is 0 Å². The zero-order chi connectivity index (χ0) is 23.2. The van der Waals surface area contributed by atoms with Crippen LogP contribution in [0.25, 0.3) is 0 Å². The van der Waals surface area contributed by atoms with Crippen molar-refractivity contribution in [2.24, 2.45) is 0 Å². The van der Waals surface area contributed by atoms with Gasteiger partial charge in [-0.3, -0.25) is 13.3 Å². The maximum absolute atomic E-state index is 6.27. The van der Waals surface area contributed by atoms with Crippen LogP contribution in [0, 0.1) is 6.92 Å². The second kappa shape index (κ2) is 11.2. The molecular weight excluding hydrogens is 450 g/mol. The van der Waals surface area contributed by atoms with Crippen molar-refractivity contribution < 1.29 is 17.8 Å². The quantitative estimate of drug-likeness (QED) is 0.422. The molecule has 178 valence electrons. The van der Waals surface area contributed by atoms with Gasteiger partial charge in [-0.05, 0) is 43.0 Å². The van der Waals surface area contributed by atoms with Gasteiger partial charge in [0, 0.05) is 25.6 Å². The van der Waals surface area contributed by atoms with Crippen molar-refractivity contribution in [1.82, 2.24) is 14.9 Å². The van der Waals surface area contributed by atoms with E-state index in [1.165, 1.54) is 11.9 Å². The summed E-state index contributed by atoms with van der Waals surface area (Å²) in [5.74, 6) is 2.06. The van der Waals surface area contributed by atoms with Crippen LogP contribution in [0.3, 0.4) is 0 Å². The van der Waals surface area contributed by atoms with Gasteiger partial charge >= 0.3 is 0 Å². The van der Waals surface area contributed by atoms with Crippen LogP contribution in [0.2, 0.25) is 0 Å². The van der Waals surface area contributed by atoms with Crippen LogP contribution in [0.5, 0.6) is 17.5 Å². The Kier molecular flexibility index (Phi) is 7.60. The second-order valence-corrected chi connectivity index (χ2v) is 9.30. The molecule has 2 aromatic carbocycles. The summed E-state index contributed by atoms with van der Waals surface area (Å²) in [4.78, 5) is 11.2. The standard InChI is InChI=1S/C26H29N3O4S/c1-19-25(32-23-9-7-21(8-10-23)22-16-30-34-31-17-22)27-18-28-26(19)33-24-11-13-29(14-12-24)15-20-5-3-2-4-6-20/h2-10,18,22,24H,11-17H2,1H3. The van der Waals surface area contributed by atoms with Crippen LogP contribution in [0.4, 0.5) is 0 Å². The Morgan fingerprint density at radius 1 is 0.941 bits per heavy atom. The summed E-state index contributed by atoms with van der Waals surface area (Å²) < 4.78 is 23.0. The molecule has 2 aliphatic rings. The van der Waals surface area contributed by atoms with Crippen molar-refractivity contribution in [2.45, 2.75) is 38.3 Å². The molecule has 1 aromatic heterocycles. The number of rotatable bonds is 7. The van der Waals surface area contributed by atoms with Crippen LogP contribution >= 0.6 is 12.3 Å². The highest BCUT2D eigenvalue weighted by Crippen LogP contribution is 2.31. The molecule has 34 heavy (non-hydrogen) atoms. The fourth-order valence-electron chi connectivity index (χ4n) is 4.24. The van der Waals surface area contributed by atoms with Gasteiger partial charge in [-0.25, -0.2) is 9.97 Å². The molecule has 0 unspecified atom stereocenters. The van der Waals surface area contributed by atoms with E-state index in [0.717, 1.165) is 61.7 Å². The Morgan fingerprint density at radius 2 is 1.65 bits per heavy atom. The fourth-order valence-corrected chi connectivity index (χ4v) is 4.75. The molecular formula is C26H29N3O4S. The SMILES string of the molecule is Cc1c(Oc2ccc(C3COSOC3)cc2)ncnc1OC1CCN(Cc2ccccc2)CC1. The van der Waals surface area contributed by atoms with Crippen LogP contribution in [-0.2, 0) is 14.9 Å². The largest absolute Gasteiger partial charge is 0.474 e. The Morgan fingerprint density at radius 3 is 2.38 bits per heavy atom. The number of likely N-dealkylation sites (tertiary alicyclic amines) is 1. The van der Waals surface area contributed by atoms with Gasteiger partial charge in [0.25, 0.3) is 0 Å². The van der Waals surface area contributed by atoms with Crippen molar-refractivity contribution >= 4 is 12.3 Å². The number of nitrogens with zero attached hydrogens (tertiary/aromatic N) is 3. The second-order valence-electron chi connectivity index (χ2n) is 8.69. The third-order valence-electron chi connectivity index (χ3n) is 6.25. The molecule has 3 aromatic rings. The lowest BCUT2D eigenvalue weighted by atomic mass is 10.0. The molecule has 0 saturated carbocycles. The zero-order valence-electron chi connectivity index (χ0n) is 19.3. The number of ether oxygens (including phenoxy) is 2. The number of benzene rings is 2. The maximum atomic E-state index is 6.27. The molecule has 2 fully saturated rings. The first-order chi connectivity index (χ1) is 16.7. The molecule has 0 radical (unpaired) electrons. The number of aromatic nitrogens is 2. The fraction of sp³-hybridized carbons (Fsp3) is 0.385. The van der Waals surface area contributed by atoms with Gasteiger partial charge in [0.15, 0.2) is 12.3 Å². The van der Waals surface area contributed by atoms with Crippen LogP contribution in [0.1, 0.15) is 35.4 Å². The van der Waals surface area contributed by atoms with Gasteiger partial charge in [-0.15, -0.1) is 0 Å². The van der Waals surface area contributed by atoms with Crippen molar-refractivity contribution in [3.63, 3.8) is 0 Å². The van der Waals surface area contributed by atoms with E-state index in [4.69, 9.17) is 17.8 Å². The lowest BCUT2D eigenvalue weighted by Gasteiger charge is -2.32. The smallest absolute Gasteiger partial charge is 0.229 e. The summed E-state index contributed by atoms with van der Waals surface area (Å²) >= 11 is 1.06. The monoisotopic (exact) mass is 479 g/mol. The Balaban J connectivity index is 1.16. The molecule has 0 amide bonds. The molecule has 8 heteroatoms. The molecule has 2 aliphatic heterocycles. The van der Waals surface area contributed by atoms with Crippen LogP contribution in [0.15, 0.2) is 60.9 Å². The minimum absolute atomic E-state index is 0.144. The molecule has 7 nitrogen and oxygen atoms in total. The average Bonchev–Trinajstić information content (AvgIpc) is 2.89. The summed E-state index contributed by atoms with van der Waals surface area (Å²) in [5, 5.41) is 0. The lowest BCUT2D eigenvalue weighted by molar-refractivity contribution is 0.0922. The minimum Gasteiger partial charge on any atom is -0.474 e. The summed E-state index contributed by atoms with van der Waals surface area (Å²) in [6.07, 6.45) is 3.60. The number of piperidine rings is 1. The highest BCUT2D eigenvalue weighted by Gasteiger charge is 2.23. The minimum atomic E-state index is 0.144. The molecule has 0 atom stereocenters. The Labute approximate surface area is 204 Å². The topological polar surface area (TPSA) is 65.9 Å². The lowest BCUT2D eigenvalue weighted by Crippen LogP contribution is -2.38. The van der Waals surface area contributed by atoms with Crippen LogP contribution < -0.4 is 9.47 Å². The molecule has 0 bridgehead atoms. The molecule has 2 saturated heterocycles. The number of hydrogen-bond donors (Lipinski definition) is 0. The van der Waals surface area contributed by atoms with Gasteiger partial charge in [-0.2, -0.15) is 0 Å². The van der Waals surface area contributed by atoms with Gasteiger partial charge in [0.2, 0.25) is 11.8 Å². The molecule has 3 heterocycles. The van der Waals surface area contributed by atoms with E-state index in [1.807, 2.05) is 31.2 Å². The normalized spacial score (nSPS) is 18.0. The van der Waals surface area contributed by atoms with Crippen LogP contribution in [-0.4, -0.2) is 47.3 Å². The van der Waals surface area contributed by atoms with Gasteiger partial charge < -0.3 is 9.47 Å². The van der Waals surface area contributed by atoms with E-state index in [0.29, 0.717) is 25.0 Å².